The summed E-state index contributed by atoms with van der Waals surface area (Å²) in [6.45, 7) is 0. The Morgan fingerprint density at radius 3 is 2.84 bits per heavy atom. The molecule has 0 radical (unpaired) electrons. The number of aryl methyl sites for hydroxylation is 1. The van der Waals surface area contributed by atoms with Gasteiger partial charge in [-0.05, 0) is 61.4 Å². The molecule has 0 amide bonds. The fraction of sp³-hybridized carbons (Fsp3) is 0.364. The van der Waals surface area contributed by atoms with Crippen molar-refractivity contribution in [1.82, 2.24) is 4.57 Å². The van der Waals surface area contributed by atoms with Crippen LogP contribution in [0.3, 0.4) is 0 Å². The highest BCUT2D eigenvalue weighted by molar-refractivity contribution is 7.15. The van der Waals surface area contributed by atoms with Crippen LogP contribution in [0.25, 0.3) is 31.8 Å². The first-order valence-corrected chi connectivity index (χ1v) is 11.0. The predicted octanol–water partition coefficient (Wildman–Crippen LogP) is 5.46. The smallest absolute Gasteiger partial charge is 0.341 e. The van der Waals surface area contributed by atoms with Crippen molar-refractivity contribution in [3.8, 4) is 16.2 Å². The maximum atomic E-state index is 12.9. The number of fused-ring (bicyclic) bond motifs is 2. The quantitative estimate of drug-likeness (QED) is 0.324. The van der Waals surface area contributed by atoms with Gasteiger partial charge in [0.1, 0.15) is 5.56 Å². The summed E-state index contributed by atoms with van der Waals surface area (Å²) < 4.78 is 7.70. The van der Waals surface area contributed by atoms with Crippen LogP contribution in [-0.2, 0) is 6.42 Å². The number of aromatic carboxylic acids is 1. The van der Waals surface area contributed by atoms with Crippen molar-refractivity contribution in [1.29, 1.82) is 0 Å². The monoisotopic (exact) mass is 436 g/mol. The molecule has 0 bridgehead atoms. The van der Waals surface area contributed by atoms with Crippen LogP contribution in [0.15, 0.2) is 34.3 Å². The molecule has 0 saturated heterocycles. The van der Waals surface area contributed by atoms with E-state index in [1.807, 2.05) is 10.6 Å². The van der Waals surface area contributed by atoms with Gasteiger partial charge < -0.3 is 14.4 Å². The minimum absolute atomic E-state index is 0.159. The number of carbonyl (C=O) groups is 1. The normalized spacial score (nSPS) is 17.8. The number of aromatic nitrogens is 1. The zero-order valence-electron chi connectivity index (χ0n) is 16.9. The molecule has 1 unspecified atom stereocenters. The predicted molar refractivity (Wildman–Crippen MR) is 118 cm³/mol. The van der Waals surface area contributed by atoms with Gasteiger partial charge in [-0.3, -0.25) is 4.79 Å². The highest BCUT2D eigenvalue weighted by Gasteiger charge is 2.30. The van der Waals surface area contributed by atoms with Crippen molar-refractivity contribution in [2.75, 3.05) is 7.11 Å². The summed E-state index contributed by atoms with van der Waals surface area (Å²) in [6, 6.07) is 5.59. The molecule has 2 aromatic heterocycles. The number of hydrogen-bond acceptors (Lipinski definition) is 5. The Balaban J connectivity index is 1.76. The third-order valence-corrected chi connectivity index (χ3v) is 7.30. The van der Waals surface area contributed by atoms with Crippen LogP contribution in [0.4, 0.5) is 0 Å². The number of hydrogen-bond donors (Lipinski definition) is 1. The fourth-order valence-electron chi connectivity index (χ4n) is 4.46. The largest absolute Gasteiger partial charge is 0.494 e. The number of carboxylic acid groups (broad SMARTS) is 1. The summed E-state index contributed by atoms with van der Waals surface area (Å²) in [5.41, 5.74) is 10.7. The summed E-state index contributed by atoms with van der Waals surface area (Å²) in [7, 11) is 1.57. The zero-order chi connectivity index (χ0) is 21.7. The minimum atomic E-state index is -1.22. The molecule has 1 atom stereocenters. The van der Waals surface area contributed by atoms with Crippen molar-refractivity contribution < 1.29 is 14.6 Å². The molecule has 8 nitrogen and oxygen atoms in total. The topological polar surface area (TPSA) is 117 Å². The summed E-state index contributed by atoms with van der Waals surface area (Å²) in [6.07, 6.45) is 6.08. The lowest BCUT2D eigenvalue weighted by atomic mass is 9.94. The molecule has 3 aromatic rings. The van der Waals surface area contributed by atoms with Gasteiger partial charge in [0.2, 0.25) is 5.43 Å². The van der Waals surface area contributed by atoms with Crippen LogP contribution in [0.5, 0.6) is 5.75 Å². The van der Waals surface area contributed by atoms with Crippen LogP contribution >= 0.6 is 11.3 Å². The summed E-state index contributed by atoms with van der Waals surface area (Å²) in [5, 5.41) is 13.8. The summed E-state index contributed by atoms with van der Waals surface area (Å²) >= 11 is 1.65. The standard InChI is InChI=1S/C22H20N4O4S/c1-30-21-12(18-9-14-16(24-25-23)3-2-4-17(14)31-18)7-8-13-19(21)26(11-5-6-11)10-15(20(13)27)22(28)29/h7-11,16H,2-6H2,1H3,(H,28,29). The first-order chi connectivity index (χ1) is 15.0. The second-order valence-corrected chi connectivity index (χ2v) is 9.10. The molecule has 2 heterocycles. The Hall–Kier alpha value is -3.29. The molecule has 31 heavy (non-hydrogen) atoms. The molecule has 1 aromatic carbocycles. The van der Waals surface area contributed by atoms with E-state index in [1.54, 1.807) is 24.5 Å². The molecule has 2 aliphatic carbocycles. The average molecular weight is 436 g/mol. The number of thiophene rings is 1. The number of ether oxygens (including phenoxy) is 1. The van der Waals surface area contributed by atoms with Crippen LogP contribution in [0.1, 0.15) is 58.6 Å². The third-order valence-electron chi connectivity index (χ3n) is 6.06. The molecule has 2 aliphatic rings. The van der Waals surface area contributed by atoms with Gasteiger partial charge in [-0.1, -0.05) is 5.11 Å². The maximum Gasteiger partial charge on any atom is 0.341 e. The highest BCUT2D eigenvalue weighted by atomic mass is 32.1. The first-order valence-electron chi connectivity index (χ1n) is 10.2. The number of pyridine rings is 1. The van der Waals surface area contributed by atoms with E-state index in [-0.39, 0.29) is 17.6 Å². The molecule has 1 fully saturated rings. The van der Waals surface area contributed by atoms with Crippen molar-refractivity contribution in [3.63, 3.8) is 0 Å². The molecule has 0 spiro atoms. The molecule has 1 N–H and O–H groups in total. The molecular formula is C22H20N4O4S. The van der Waals surface area contributed by atoms with E-state index in [4.69, 9.17) is 10.3 Å². The fourth-order valence-corrected chi connectivity index (χ4v) is 5.74. The van der Waals surface area contributed by atoms with E-state index in [9.17, 15) is 14.7 Å². The number of carboxylic acids is 1. The van der Waals surface area contributed by atoms with Crippen LogP contribution in [-0.4, -0.2) is 22.8 Å². The van der Waals surface area contributed by atoms with Crippen molar-refractivity contribution in [3.05, 3.63) is 61.1 Å². The number of benzene rings is 1. The summed E-state index contributed by atoms with van der Waals surface area (Å²) in [5.74, 6) is -0.656. The maximum absolute atomic E-state index is 12.9. The molecule has 1 saturated carbocycles. The lowest BCUT2D eigenvalue weighted by molar-refractivity contribution is 0.0695. The summed E-state index contributed by atoms with van der Waals surface area (Å²) in [4.78, 5) is 29.7. The van der Waals surface area contributed by atoms with Gasteiger partial charge in [-0.2, -0.15) is 0 Å². The molecule has 5 rings (SSSR count). The molecule has 158 valence electrons. The average Bonchev–Trinajstić information content (AvgIpc) is 3.51. The zero-order valence-corrected chi connectivity index (χ0v) is 17.7. The molecular weight excluding hydrogens is 416 g/mol. The molecule has 0 aliphatic heterocycles. The van der Waals surface area contributed by atoms with E-state index >= 15 is 0 Å². The van der Waals surface area contributed by atoms with Gasteiger partial charge in [-0.25, -0.2) is 4.79 Å². The lowest BCUT2D eigenvalue weighted by Gasteiger charge is -2.17. The van der Waals surface area contributed by atoms with Gasteiger partial charge in [0.15, 0.2) is 5.75 Å². The Kier molecular flexibility index (Phi) is 4.72. The van der Waals surface area contributed by atoms with Crippen molar-refractivity contribution in [2.45, 2.75) is 44.2 Å². The van der Waals surface area contributed by atoms with Gasteiger partial charge in [-0.15, -0.1) is 11.3 Å². The minimum Gasteiger partial charge on any atom is -0.494 e. The van der Waals surface area contributed by atoms with E-state index in [0.717, 1.165) is 48.1 Å². The van der Waals surface area contributed by atoms with Crippen LogP contribution < -0.4 is 10.2 Å². The van der Waals surface area contributed by atoms with Crippen LogP contribution in [0.2, 0.25) is 0 Å². The Labute approximate surface area is 181 Å². The van der Waals surface area contributed by atoms with Crippen molar-refractivity contribution >= 4 is 28.2 Å². The number of methoxy groups -OCH3 is 1. The Bertz CT molecular complexity index is 1330. The number of rotatable bonds is 5. The second-order valence-electron chi connectivity index (χ2n) is 7.96. The van der Waals surface area contributed by atoms with Gasteiger partial charge in [0, 0.05) is 32.5 Å². The van der Waals surface area contributed by atoms with Gasteiger partial charge >= 0.3 is 5.97 Å². The van der Waals surface area contributed by atoms with E-state index in [2.05, 4.69) is 16.1 Å². The first kappa shape index (κ1) is 19.7. The second kappa shape index (κ2) is 7.44. The van der Waals surface area contributed by atoms with Gasteiger partial charge in [0.05, 0.1) is 24.1 Å². The third kappa shape index (κ3) is 3.17. The van der Waals surface area contributed by atoms with E-state index in [0.29, 0.717) is 16.7 Å². The van der Waals surface area contributed by atoms with Gasteiger partial charge in [0.25, 0.3) is 0 Å². The lowest BCUT2D eigenvalue weighted by Crippen LogP contribution is -2.19. The van der Waals surface area contributed by atoms with Crippen LogP contribution in [0, 0.1) is 0 Å². The SMILES string of the molecule is COc1c(-c2cc3c(s2)CCCC3N=[N+]=[N-])ccc2c(=O)c(C(=O)O)cn(C3CC3)c12. The van der Waals surface area contributed by atoms with Crippen molar-refractivity contribution in [2.24, 2.45) is 5.11 Å². The number of nitrogens with zero attached hydrogens (tertiary/aromatic N) is 4. The van der Waals surface area contributed by atoms with E-state index in [1.165, 1.54) is 11.1 Å². The Morgan fingerprint density at radius 2 is 2.16 bits per heavy atom. The Morgan fingerprint density at radius 1 is 1.35 bits per heavy atom. The highest BCUT2D eigenvalue weighted by Crippen LogP contribution is 2.47. The van der Waals surface area contributed by atoms with E-state index < -0.39 is 11.4 Å². The molecule has 9 heteroatoms. The number of azide groups is 1.